The topological polar surface area (TPSA) is 46.5 Å². The molecule has 0 unspecified atom stereocenters. The van der Waals surface area contributed by atoms with E-state index in [1.54, 1.807) is 30.3 Å². The Kier molecular flexibility index (Phi) is 5.26. The largest absolute Gasteiger partial charge is 0.489 e. The fourth-order valence-corrected chi connectivity index (χ4v) is 2.01. The Morgan fingerprint density at radius 2 is 1.74 bits per heavy atom. The van der Waals surface area contributed by atoms with E-state index in [1.807, 2.05) is 0 Å². The minimum atomic E-state index is -4.37. The monoisotopic (exact) mass is 324 g/mol. The highest BCUT2D eigenvalue weighted by molar-refractivity contribution is 5.67. The number of carboxylic acid groups (broad SMARTS) is 1. The number of ether oxygens (including phenoxy) is 1. The van der Waals surface area contributed by atoms with Gasteiger partial charge in [0.15, 0.2) is 0 Å². The molecule has 0 aliphatic carbocycles. The Labute approximate surface area is 131 Å². The molecule has 23 heavy (non-hydrogen) atoms. The molecule has 0 saturated heterocycles. The smallest absolute Gasteiger partial charge is 0.416 e. The lowest BCUT2D eigenvalue weighted by Crippen LogP contribution is -2.06. The third kappa shape index (κ3) is 5.32. The lowest BCUT2D eigenvalue weighted by atomic mass is 10.1. The van der Waals surface area contributed by atoms with E-state index in [9.17, 15) is 18.0 Å². The summed E-state index contributed by atoms with van der Waals surface area (Å²) in [5.41, 5.74) is 0.580. The third-order valence-electron chi connectivity index (χ3n) is 3.21. The van der Waals surface area contributed by atoms with Crippen LogP contribution in [-0.2, 0) is 24.0 Å². The lowest BCUT2D eigenvalue weighted by Gasteiger charge is -2.10. The van der Waals surface area contributed by atoms with Crippen LogP contribution in [0.3, 0.4) is 0 Å². The fraction of sp³-hybridized carbons (Fsp3) is 0.235. The summed E-state index contributed by atoms with van der Waals surface area (Å²) in [6.07, 6.45) is -3.91. The molecule has 0 aliphatic heterocycles. The number of aliphatic carboxylic acids is 1. The number of carboxylic acids is 1. The first-order chi connectivity index (χ1) is 10.8. The molecule has 0 bridgehead atoms. The molecular formula is C17H15F3O3. The van der Waals surface area contributed by atoms with Gasteiger partial charge in [0.05, 0.1) is 5.56 Å². The molecule has 0 fully saturated rings. The molecule has 0 aromatic heterocycles. The summed E-state index contributed by atoms with van der Waals surface area (Å²) in [7, 11) is 0. The van der Waals surface area contributed by atoms with Gasteiger partial charge < -0.3 is 9.84 Å². The van der Waals surface area contributed by atoms with Gasteiger partial charge in [-0.25, -0.2) is 0 Å². The normalized spacial score (nSPS) is 11.3. The highest BCUT2D eigenvalue weighted by Gasteiger charge is 2.30. The van der Waals surface area contributed by atoms with Crippen LogP contribution in [0.2, 0.25) is 0 Å². The van der Waals surface area contributed by atoms with Crippen molar-refractivity contribution in [2.75, 3.05) is 0 Å². The van der Waals surface area contributed by atoms with Crippen molar-refractivity contribution in [3.63, 3.8) is 0 Å². The molecule has 122 valence electrons. The highest BCUT2D eigenvalue weighted by atomic mass is 19.4. The molecule has 2 aromatic rings. The molecule has 0 spiro atoms. The number of hydrogen-bond acceptors (Lipinski definition) is 2. The van der Waals surface area contributed by atoms with Crippen LogP contribution in [0.1, 0.15) is 23.1 Å². The molecule has 0 heterocycles. The van der Waals surface area contributed by atoms with E-state index in [0.717, 1.165) is 17.7 Å². The number of hydrogen-bond donors (Lipinski definition) is 1. The quantitative estimate of drug-likeness (QED) is 0.861. The second-order valence-electron chi connectivity index (χ2n) is 5.02. The maximum atomic E-state index is 12.6. The number of aryl methyl sites for hydroxylation is 1. The van der Waals surface area contributed by atoms with Crippen molar-refractivity contribution in [2.45, 2.75) is 25.6 Å². The van der Waals surface area contributed by atoms with Crippen molar-refractivity contribution < 1.29 is 27.8 Å². The van der Waals surface area contributed by atoms with Crippen molar-refractivity contribution in [3.05, 3.63) is 65.2 Å². The van der Waals surface area contributed by atoms with Crippen LogP contribution in [0.4, 0.5) is 13.2 Å². The Hall–Kier alpha value is -2.50. The van der Waals surface area contributed by atoms with E-state index in [2.05, 4.69) is 0 Å². The Morgan fingerprint density at radius 1 is 1.04 bits per heavy atom. The zero-order valence-corrected chi connectivity index (χ0v) is 12.1. The van der Waals surface area contributed by atoms with Gasteiger partial charge in [0.25, 0.3) is 0 Å². The van der Waals surface area contributed by atoms with Gasteiger partial charge in [-0.15, -0.1) is 0 Å². The molecule has 0 saturated carbocycles. The molecule has 2 rings (SSSR count). The number of carbonyl (C=O) groups is 1. The minimum absolute atomic E-state index is 0.0262. The van der Waals surface area contributed by atoms with Crippen molar-refractivity contribution in [3.8, 4) is 5.75 Å². The predicted molar refractivity (Wildman–Crippen MR) is 78.2 cm³/mol. The summed E-state index contributed by atoms with van der Waals surface area (Å²) in [6, 6.07) is 11.8. The van der Waals surface area contributed by atoms with Crippen LogP contribution in [0.5, 0.6) is 5.75 Å². The van der Waals surface area contributed by atoms with Crippen LogP contribution in [0, 0.1) is 0 Å². The van der Waals surface area contributed by atoms with Gasteiger partial charge in [0.1, 0.15) is 12.4 Å². The summed E-state index contributed by atoms with van der Waals surface area (Å²) < 4.78 is 43.3. The average molecular weight is 324 g/mol. The average Bonchev–Trinajstić information content (AvgIpc) is 2.51. The van der Waals surface area contributed by atoms with Crippen molar-refractivity contribution in [1.82, 2.24) is 0 Å². The second-order valence-corrected chi connectivity index (χ2v) is 5.02. The maximum Gasteiger partial charge on any atom is 0.416 e. The van der Waals surface area contributed by atoms with Crippen LogP contribution in [0.25, 0.3) is 0 Å². The first-order valence-electron chi connectivity index (χ1n) is 6.94. The van der Waals surface area contributed by atoms with E-state index in [4.69, 9.17) is 9.84 Å². The first-order valence-corrected chi connectivity index (χ1v) is 6.94. The number of alkyl halides is 3. The first kappa shape index (κ1) is 16.9. The summed E-state index contributed by atoms with van der Waals surface area (Å²) >= 11 is 0. The molecule has 3 nitrogen and oxygen atoms in total. The Balaban J connectivity index is 1.94. The fourth-order valence-electron chi connectivity index (χ4n) is 2.01. The highest BCUT2D eigenvalue weighted by Crippen LogP contribution is 2.29. The number of rotatable bonds is 6. The Bertz CT molecular complexity index is 664. The molecule has 0 atom stereocenters. The molecular weight excluding hydrogens is 309 g/mol. The van der Waals surface area contributed by atoms with E-state index >= 15 is 0 Å². The minimum Gasteiger partial charge on any atom is -0.489 e. The molecule has 0 amide bonds. The van der Waals surface area contributed by atoms with Crippen LogP contribution in [-0.4, -0.2) is 11.1 Å². The van der Waals surface area contributed by atoms with Crippen molar-refractivity contribution >= 4 is 5.97 Å². The molecule has 0 aliphatic rings. The van der Waals surface area contributed by atoms with Crippen LogP contribution in [0.15, 0.2) is 48.5 Å². The number of benzene rings is 2. The number of halogens is 3. The summed E-state index contributed by atoms with van der Waals surface area (Å²) in [4.78, 5) is 10.5. The summed E-state index contributed by atoms with van der Waals surface area (Å²) in [5.74, 6) is -0.351. The third-order valence-corrected chi connectivity index (χ3v) is 3.21. The van der Waals surface area contributed by atoms with Crippen LogP contribution < -0.4 is 4.74 Å². The zero-order valence-electron chi connectivity index (χ0n) is 12.1. The summed E-state index contributed by atoms with van der Waals surface area (Å²) in [6.45, 7) is 0.0262. The second kappa shape index (κ2) is 7.17. The van der Waals surface area contributed by atoms with Gasteiger partial charge in [0.2, 0.25) is 0 Å². The standard InChI is InChI=1S/C17H15F3O3/c18-17(19,20)14-3-1-2-13(10-14)11-23-15-7-4-12(5-8-15)6-9-16(21)22/h1-5,7-8,10H,6,9,11H2,(H,21,22). The van der Waals surface area contributed by atoms with Gasteiger partial charge in [-0.1, -0.05) is 24.3 Å². The predicted octanol–water partition coefficient (Wildman–Crippen LogP) is 4.30. The van der Waals surface area contributed by atoms with E-state index in [1.165, 1.54) is 6.07 Å². The van der Waals surface area contributed by atoms with E-state index < -0.39 is 17.7 Å². The molecule has 2 aromatic carbocycles. The molecule has 1 N–H and O–H groups in total. The maximum absolute atomic E-state index is 12.6. The van der Waals surface area contributed by atoms with E-state index in [-0.39, 0.29) is 13.0 Å². The Morgan fingerprint density at radius 3 is 2.35 bits per heavy atom. The molecule has 0 radical (unpaired) electrons. The van der Waals surface area contributed by atoms with Crippen LogP contribution >= 0.6 is 0 Å². The van der Waals surface area contributed by atoms with Gasteiger partial charge >= 0.3 is 12.1 Å². The van der Waals surface area contributed by atoms with Crippen molar-refractivity contribution in [1.29, 1.82) is 0 Å². The lowest BCUT2D eigenvalue weighted by molar-refractivity contribution is -0.138. The van der Waals surface area contributed by atoms with Gasteiger partial charge in [0, 0.05) is 6.42 Å². The summed E-state index contributed by atoms with van der Waals surface area (Å²) in [5, 5.41) is 8.61. The van der Waals surface area contributed by atoms with Crippen molar-refractivity contribution in [2.24, 2.45) is 0 Å². The van der Waals surface area contributed by atoms with Gasteiger partial charge in [-0.3, -0.25) is 4.79 Å². The van der Waals surface area contributed by atoms with E-state index in [0.29, 0.717) is 17.7 Å². The van der Waals surface area contributed by atoms with Gasteiger partial charge in [-0.2, -0.15) is 13.2 Å². The molecule has 6 heteroatoms. The van der Waals surface area contributed by atoms with Gasteiger partial charge in [-0.05, 0) is 41.8 Å². The zero-order chi connectivity index (χ0) is 16.9. The SMILES string of the molecule is O=C(O)CCc1ccc(OCc2cccc(C(F)(F)F)c2)cc1.